The summed E-state index contributed by atoms with van der Waals surface area (Å²) in [6, 6.07) is -1.15. The van der Waals surface area contributed by atoms with Crippen LogP contribution in [0, 0.1) is 5.92 Å². The summed E-state index contributed by atoms with van der Waals surface area (Å²) in [4.78, 5) is 23.3. The lowest BCUT2D eigenvalue weighted by atomic mass is 10.1. The van der Waals surface area contributed by atoms with E-state index in [4.69, 9.17) is 5.11 Å². The molecule has 0 radical (unpaired) electrons. The summed E-state index contributed by atoms with van der Waals surface area (Å²) in [7, 11) is 1.48. The number of carboxylic acids is 1. The van der Waals surface area contributed by atoms with E-state index in [1.165, 1.54) is 18.9 Å². The molecule has 0 saturated heterocycles. The summed E-state index contributed by atoms with van der Waals surface area (Å²) >= 11 is 0. The van der Waals surface area contributed by atoms with E-state index < -0.39 is 12.0 Å². The van der Waals surface area contributed by atoms with Crippen LogP contribution in [0.1, 0.15) is 27.2 Å². The smallest absolute Gasteiger partial charge is 0.326 e. The van der Waals surface area contributed by atoms with Crippen molar-refractivity contribution in [1.82, 2.24) is 10.2 Å². The van der Waals surface area contributed by atoms with E-state index in [0.29, 0.717) is 12.5 Å². The maximum Gasteiger partial charge on any atom is 0.326 e. The Morgan fingerprint density at radius 3 is 2.33 bits per heavy atom. The highest BCUT2D eigenvalue weighted by atomic mass is 16.4. The number of carbonyl (C=O) groups excluding carboxylic acids is 1. The van der Waals surface area contributed by atoms with Gasteiger partial charge in [-0.25, -0.2) is 9.59 Å². The van der Waals surface area contributed by atoms with Gasteiger partial charge in [0.25, 0.3) is 0 Å². The van der Waals surface area contributed by atoms with Gasteiger partial charge in [-0.15, -0.1) is 0 Å². The maximum atomic E-state index is 11.5. The maximum absolute atomic E-state index is 11.5. The minimum Gasteiger partial charge on any atom is -0.480 e. The SMILES string of the molecule is CCC(C)CNC(=O)N(C)C(C)C(=O)O. The lowest BCUT2D eigenvalue weighted by molar-refractivity contribution is -0.141. The van der Waals surface area contributed by atoms with Gasteiger partial charge in [-0.2, -0.15) is 0 Å². The Morgan fingerprint density at radius 1 is 1.40 bits per heavy atom. The van der Waals surface area contributed by atoms with Gasteiger partial charge in [-0.3, -0.25) is 0 Å². The molecule has 0 bridgehead atoms. The number of nitrogens with zero attached hydrogens (tertiary/aromatic N) is 1. The van der Waals surface area contributed by atoms with Crippen molar-refractivity contribution in [2.75, 3.05) is 13.6 Å². The summed E-state index contributed by atoms with van der Waals surface area (Å²) in [5, 5.41) is 11.4. The zero-order chi connectivity index (χ0) is 12.0. The number of amides is 2. The molecule has 0 spiro atoms. The van der Waals surface area contributed by atoms with Gasteiger partial charge in [0, 0.05) is 13.6 Å². The van der Waals surface area contributed by atoms with Crippen molar-refractivity contribution >= 4 is 12.0 Å². The number of likely N-dealkylation sites (N-methyl/N-ethyl adjacent to an activating group) is 1. The van der Waals surface area contributed by atoms with Crippen molar-refractivity contribution in [3.8, 4) is 0 Å². The number of carbonyl (C=O) groups is 2. The van der Waals surface area contributed by atoms with E-state index in [-0.39, 0.29) is 6.03 Å². The highest BCUT2D eigenvalue weighted by Gasteiger charge is 2.21. The molecule has 5 nitrogen and oxygen atoms in total. The first-order chi connectivity index (χ1) is 6.90. The van der Waals surface area contributed by atoms with Crippen molar-refractivity contribution in [1.29, 1.82) is 0 Å². The summed E-state index contributed by atoms with van der Waals surface area (Å²) in [6.45, 7) is 6.12. The average Bonchev–Trinajstić information content (AvgIpc) is 2.22. The highest BCUT2D eigenvalue weighted by molar-refractivity contribution is 5.82. The van der Waals surface area contributed by atoms with E-state index in [1.807, 2.05) is 13.8 Å². The third-order valence-electron chi connectivity index (χ3n) is 2.56. The van der Waals surface area contributed by atoms with E-state index in [9.17, 15) is 9.59 Å². The number of nitrogens with one attached hydrogen (secondary N) is 1. The van der Waals surface area contributed by atoms with Crippen LogP contribution in [0.3, 0.4) is 0 Å². The third-order valence-corrected chi connectivity index (χ3v) is 2.56. The van der Waals surface area contributed by atoms with Gasteiger partial charge in [-0.1, -0.05) is 20.3 Å². The Morgan fingerprint density at radius 2 is 1.93 bits per heavy atom. The van der Waals surface area contributed by atoms with Gasteiger partial charge < -0.3 is 15.3 Å². The van der Waals surface area contributed by atoms with Gasteiger partial charge in [0.15, 0.2) is 0 Å². The molecule has 0 aliphatic heterocycles. The fourth-order valence-corrected chi connectivity index (χ4v) is 0.872. The van der Waals surface area contributed by atoms with Gasteiger partial charge in [0.05, 0.1) is 0 Å². The predicted molar refractivity (Wildman–Crippen MR) is 57.7 cm³/mol. The number of rotatable bonds is 5. The Kier molecular flexibility index (Phi) is 5.74. The molecule has 2 atom stereocenters. The second-order valence-corrected chi connectivity index (χ2v) is 3.82. The van der Waals surface area contributed by atoms with Crippen LogP contribution >= 0.6 is 0 Å². The molecule has 2 amide bonds. The molecule has 0 rings (SSSR count). The normalized spacial score (nSPS) is 14.1. The zero-order valence-electron chi connectivity index (χ0n) is 9.78. The molecule has 2 N–H and O–H groups in total. The van der Waals surface area contributed by atoms with E-state index >= 15 is 0 Å². The molecule has 0 aliphatic carbocycles. The zero-order valence-corrected chi connectivity index (χ0v) is 9.78. The van der Waals surface area contributed by atoms with Crippen molar-refractivity contribution in [2.45, 2.75) is 33.2 Å². The predicted octanol–water partition coefficient (Wildman–Crippen LogP) is 1.15. The van der Waals surface area contributed by atoms with Crippen LogP contribution in [0.5, 0.6) is 0 Å². The number of urea groups is 1. The molecule has 0 fully saturated rings. The molecule has 0 aromatic carbocycles. The summed E-state index contributed by atoms with van der Waals surface area (Å²) in [5.74, 6) is -0.598. The minimum atomic E-state index is -1.00. The van der Waals surface area contributed by atoms with Gasteiger partial charge in [0.2, 0.25) is 0 Å². The van der Waals surface area contributed by atoms with Crippen molar-refractivity contribution < 1.29 is 14.7 Å². The monoisotopic (exact) mass is 216 g/mol. The fraction of sp³-hybridized carbons (Fsp3) is 0.800. The lowest BCUT2D eigenvalue weighted by Gasteiger charge is -2.22. The highest BCUT2D eigenvalue weighted by Crippen LogP contribution is 2.00. The number of carboxylic acid groups (broad SMARTS) is 1. The molecule has 2 unspecified atom stereocenters. The summed E-state index contributed by atoms with van der Waals surface area (Å²) in [5.41, 5.74) is 0. The van der Waals surface area contributed by atoms with Crippen LogP contribution in [0.25, 0.3) is 0 Å². The van der Waals surface area contributed by atoms with Gasteiger partial charge >= 0.3 is 12.0 Å². The topological polar surface area (TPSA) is 69.6 Å². The second-order valence-electron chi connectivity index (χ2n) is 3.82. The van der Waals surface area contributed by atoms with Crippen molar-refractivity contribution in [3.05, 3.63) is 0 Å². The average molecular weight is 216 g/mol. The molecule has 5 heteroatoms. The molecular weight excluding hydrogens is 196 g/mol. The molecule has 0 aromatic heterocycles. The number of aliphatic carboxylic acids is 1. The quantitative estimate of drug-likeness (QED) is 0.724. The third kappa shape index (κ3) is 4.67. The summed E-state index contributed by atoms with van der Waals surface area (Å²) < 4.78 is 0. The van der Waals surface area contributed by atoms with Gasteiger partial charge in [-0.05, 0) is 12.8 Å². The minimum absolute atomic E-state index is 0.342. The van der Waals surface area contributed by atoms with Crippen LogP contribution in [-0.4, -0.2) is 41.6 Å². The molecular formula is C10H20N2O3. The molecule has 15 heavy (non-hydrogen) atoms. The second kappa shape index (κ2) is 6.27. The summed E-state index contributed by atoms with van der Waals surface area (Å²) in [6.07, 6.45) is 0.985. The largest absolute Gasteiger partial charge is 0.480 e. The van der Waals surface area contributed by atoms with Crippen molar-refractivity contribution in [2.24, 2.45) is 5.92 Å². The molecule has 0 heterocycles. The first kappa shape index (κ1) is 13.7. The molecule has 0 aromatic rings. The molecule has 88 valence electrons. The number of hydrogen-bond donors (Lipinski definition) is 2. The van der Waals surface area contributed by atoms with E-state index in [0.717, 1.165) is 6.42 Å². The van der Waals surface area contributed by atoms with E-state index in [1.54, 1.807) is 0 Å². The Labute approximate surface area is 90.5 Å². The first-order valence-corrected chi connectivity index (χ1v) is 5.13. The van der Waals surface area contributed by atoms with Crippen LogP contribution < -0.4 is 5.32 Å². The standard InChI is InChI=1S/C10H20N2O3/c1-5-7(2)6-11-10(15)12(4)8(3)9(13)14/h7-8H,5-6H2,1-4H3,(H,11,15)(H,13,14). The van der Waals surface area contributed by atoms with Crippen molar-refractivity contribution in [3.63, 3.8) is 0 Å². The Balaban J connectivity index is 4.05. The molecule has 0 saturated carbocycles. The van der Waals surface area contributed by atoms with Crippen LogP contribution in [0.15, 0.2) is 0 Å². The van der Waals surface area contributed by atoms with Crippen LogP contribution in [0.4, 0.5) is 4.79 Å². The van der Waals surface area contributed by atoms with Crippen LogP contribution in [0.2, 0.25) is 0 Å². The van der Waals surface area contributed by atoms with Crippen LogP contribution in [-0.2, 0) is 4.79 Å². The lowest BCUT2D eigenvalue weighted by Crippen LogP contribution is -2.46. The Hall–Kier alpha value is -1.26. The van der Waals surface area contributed by atoms with Gasteiger partial charge in [0.1, 0.15) is 6.04 Å². The fourth-order valence-electron chi connectivity index (χ4n) is 0.872. The van der Waals surface area contributed by atoms with E-state index in [2.05, 4.69) is 5.32 Å². The number of hydrogen-bond acceptors (Lipinski definition) is 2. The Bertz CT molecular complexity index is 231. The molecule has 0 aliphatic rings. The first-order valence-electron chi connectivity index (χ1n) is 5.13.